The third-order valence-electron chi connectivity index (χ3n) is 14.0. The number of hydrogen-bond acceptors (Lipinski definition) is 21. The van der Waals surface area contributed by atoms with Gasteiger partial charge in [-0.05, 0) is 194 Å². The van der Waals surface area contributed by atoms with Crippen molar-refractivity contribution in [3.05, 3.63) is 97.4 Å². The predicted molar refractivity (Wildman–Crippen MR) is 367 cm³/mol. The van der Waals surface area contributed by atoms with E-state index in [0.717, 1.165) is 5.57 Å². The van der Waals surface area contributed by atoms with Gasteiger partial charge >= 0.3 is 95.7 Å². The maximum absolute atomic E-state index is 12.9. The summed E-state index contributed by atoms with van der Waals surface area (Å²) in [5, 5.41) is 0. The molecule has 1 fully saturated rings. The monoisotopic (exact) mass is 1400 g/mol. The molecule has 90 heavy (non-hydrogen) atoms. The SMILES string of the molecule is C=C(C)C(=C)OCCCCC[Si](C)(O[Si](C)(O)CCCOC(=O)C(=C)C)O[Si](C)(CCCOC(=O)C(=C)C)O[Si](C)(CCCOC(=O)C(=C)C)O[Si]1(C)C[Si](C)(CCCOC(=O)C(=C)C)O[Si](C)(CCCOC(=O)C(=C)C)O[Si](C)(CCCOC(=O)C(=C)C)O1. The van der Waals surface area contributed by atoms with Crippen molar-refractivity contribution in [3.63, 3.8) is 0 Å². The summed E-state index contributed by atoms with van der Waals surface area (Å²) in [4.78, 5) is 88.1. The van der Waals surface area contributed by atoms with Gasteiger partial charge in [0.2, 0.25) is 0 Å². The highest BCUT2D eigenvalue weighted by Gasteiger charge is 2.60. The second-order valence-electron chi connectivity index (χ2n) is 25.3. The van der Waals surface area contributed by atoms with E-state index in [1.807, 2.05) is 46.2 Å². The molecule has 0 aromatic rings. The summed E-state index contributed by atoms with van der Waals surface area (Å²) in [5.74, 6) is -2.70. The molecule has 1 N–H and O–H groups in total. The molecular weight excluding hydrogens is 1290 g/mol. The van der Waals surface area contributed by atoms with Crippen LogP contribution < -0.4 is 0 Å². The molecule has 0 aromatic carbocycles. The first-order chi connectivity index (χ1) is 41.4. The van der Waals surface area contributed by atoms with Gasteiger partial charge in [-0.1, -0.05) is 65.5 Å². The number of allylic oxidation sites excluding steroid dienone is 1. The van der Waals surface area contributed by atoms with E-state index >= 15 is 0 Å². The van der Waals surface area contributed by atoms with Crippen molar-refractivity contribution in [2.75, 3.05) is 46.2 Å². The third-order valence-corrected chi connectivity index (χ3v) is 53.0. The van der Waals surface area contributed by atoms with Crippen molar-refractivity contribution < 1.29 is 95.5 Å². The first kappa shape index (κ1) is 84.0. The molecule has 1 aliphatic rings. The maximum atomic E-state index is 12.9. The van der Waals surface area contributed by atoms with E-state index in [1.165, 1.54) is 0 Å². The van der Waals surface area contributed by atoms with Crippen LogP contribution in [0.2, 0.25) is 100 Å². The maximum Gasteiger partial charge on any atom is 0.333 e. The number of rotatable bonds is 46. The van der Waals surface area contributed by atoms with Crippen LogP contribution in [-0.2, 0) is 90.7 Å². The number of hydrogen-bond donors (Lipinski definition) is 1. The van der Waals surface area contributed by atoms with Crippen LogP contribution in [0, 0.1) is 0 Å². The van der Waals surface area contributed by atoms with Crippen molar-refractivity contribution in [1.29, 1.82) is 0 Å². The smallest absolute Gasteiger partial charge is 0.333 e. The van der Waals surface area contributed by atoms with E-state index in [2.05, 4.69) is 59.2 Å². The predicted octanol–water partition coefficient (Wildman–Crippen LogP) is 13.1. The molecule has 1 aliphatic heterocycles. The Kier molecular flexibility index (Phi) is 36.4. The van der Waals surface area contributed by atoms with Crippen molar-refractivity contribution in [2.45, 2.75) is 207 Å². The standard InChI is InChI=1S/C61H110O21Si8/c1-48(2)55(15)69-33-25-24-26-42-86(19,77-84(17,68)41-28-35-71-57(63)50(5)6)79-87(20,44-30-37-73-59(65)52(9)10)80-89(22,46-32-39-75-61(67)54(13)14)82-90(23)47-83(16,40-27-34-70-56(62)49(3)4)76-85(18,43-29-36-72-58(64)51(7)8)78-88(21,81-90)45-31-38-74-60(66)53(11)12/h68H,1,3,5,7,9,11,13,15,24-47H2,2,4,6,8,10,12,14,16-23H3. The fourth-order valence-electron chi connectivity index (χ4n) is 10.1. The van der Waals surface area contributed by atoms with Crippen molar-refractivity contribution in [1.82, 2.24) is 0 Å². The van der Waals surface area contributed by atoms with Crippen LogP contribution in [0.5, 0.6) is 0 Å². The first-order valence-corrected chi connectivity index (χ1v) is 51.5. The lowest BCUT2D eigenvalue weighted by Crippen LogP contribution is -2.69. The Bertz CT molecular complexity index is 2510. The fraction of sp³-hybridized carbons (Fsp3) is 0.639. The van der Waals surface area contributed by atoms with Gasteiger partial charge in [-0.25, -0.2) is 28.8 Å². The largest absolute Gasteiger partial charge is 0.494 e. The summed E-state index contributed by atoms with van der Waals surface area (Å²) in [6.45, 7) is 57.7. The Morgan fingerprint density at radius 1 is 0.378 bits per heavy atom. The number of carbonyl (C=O) groups excluding carboxylic acids is 6. The molecule has 21 nitrogen and oxygen atoms in total. The topological polar surface area (TPSA) is 252 Å². The third kappa shape index (κ3) is 34.2. The summed E-state index contributed by atoms with van der Waals surface area (Å²) in [6, 6.07) is 2.41. The highest BCUT2D eigenvalue weighted by molar-refractivity contribution is 7.00. The molecule has 0 radical (unpaired) electrons. The van der Waals surface area contributed by atoms with Crippen molar-refractivity contribution >= 4 is 104 Å². The zero-order valence-electron chi connectivity index (χ0n) is 57.2. The average Bonchev–Trinajstić information content (AvgIpc) is 2.49. The zero-order chi connectivity index (χ0) is 69.0. The molecule has 0 amide bonds. The molecule has 1 rings (SSSR count). The molecule has 0 aromatic heterocycles. The number of ether oxygens (including phenoxy) is 7. The lowest BCUT2D eigenvalue weighted by Gasteiger charge is -2.52. The van der Waals surface area contributed by atoms with Crippen LogP contribution in [0.4, 0.5) is 0 Å². The van der Waals surface area contributed by atoms with Gasteiger partial charge < -0.3 is 66.8 Å². The molecule has 0 spiro atoms. The van der Waals surface area contributed by atoms with Gasteiger partial charge in [-0.3, -0.25) is 0 Å². The van der Waals surface area contributed by atoms with Gasteiger partial charge in [0, 0.05) is 39.1 Å². The Balaban J connectivity index is 4.36. The molecule has 0 bridgehead atoms. The molecule has 1 heterocycles. The van der Waals surface area contributed by atoms with Gasteiger partial charge in [0.15, 0.2) is 8.32 Å². The second kappa shape index (κ2) is 39.0. The van der Waals surface area contributed by atoms with Crippen molar-refractivity contribution in [2.24, 2.45) is 0 Å². The highest BCUT2D eigenvalue weighted by atomic mass is 28.5. The minimum Gasteiger partial charge on any atom is -0.494 e. The number of carbonyl (C=O) groups is 6. The second-order valence-corrected chi connectivity index (χ2v) is 54.8. The summed E-state index contributed by atoms with van der Waals surface area (Å²) in [5.41, 5.74) is 2.58. The molecule has 0 saturated carbocycles. The summed E-state index contributed by atoms with van der Waals surface area (Å²) >= 11 is 0. The lowest BCUT2D eigenvalue weighted by molar-refractivity contribution is -0.139. The van der Waals surface area contributed by atoms with E-state index in [4.69, 9.17) is 62.0 Å². The average molecular weight is 1400 g/mol. The Hall–Kier alpha value is -4.04. The fourth-order valence-corrected chi connectivity index (χ4v) is 59.1. The highest BCUT2D eigenvalue weighted by Crippen LogP contribution is 2.43. The van der Waals surface area contributed by atoms with Crippen LogP contribution in [-0.4, -0.2) is 155 Å². The summed E-state index contributed by atoms with van der Waals surface area (Å²) in [7, 11) is -28.4. The van der Waals surface area contributed by atoms with Crippen LogP contribution in [0.25, 0.3) is 0 Å². The van der Waals surface area contributed by atoms with Gasteiger partial charge in [-0.15, -0.1) is 0 Å². The Morgan fingerprint density at radius 3 is 1.10 bits per heavy atom. The quantitative estimate of drug-likeness (QED) is 0.0113. The van der Waals surface area contributed by atoms with Crippen LogP contribution >= 0.6 is 0 Å². The molecule has 512 valence electrons. The molecule has 29 heteroatoms. The van der Waals surface area contributed by atoms with E-state index in [-0.39, 0.29) is 97.6 Å². The number of esters is 6. The van der Waals surface area contributed by atoms with E-state index in [9.17, 15) is 33.6 Å². The summed E-state index contributed by atoms with van der Waals surface area (Å²) < 4.78 is 92.1. The number of unbranched alkanes of at least 4 members (excludes halogenated alkanes) is 2. The van der Waals surface area contributed by atoms with Gasteiger partial charge in [0.05, 0.1) is 46.2 Å². The Morgan fingerprint density at radius 2 is 0.700 bits per heavy atom. The van der Waals surface area contributed by atoms with Crippen LogP contribution in [0.3, 0.4) is 0 Å². The molecule has 8 atom stereocenters. The molecule has 1 saturated heterocycles. The minimum absolute atomic E-state index is 0.00145. The summed E-state index contributed by atoms with van der Waals surface area (Å²) in [6.07, 6.45) is 4.10. The minimum atomic E-state index is -3.80. The van der Waals surface area contributed by atoms with Crippen LogP contribution in [0.1, 0.15) is 106 Å². The van der Waals surface area contributed by atoms with E-state index in [1.54, 1.807) is 48.1 Å². The zero-order valence-corrected chi connectivity index (χ0v) is 65.2. The van der Waals surface area contributed by atoms with Crippen LogP contribution in [0.15, 0.2) is 97.4 Å². The first-order valence-electron chi connectivity index (χ1n) is 31.0. The van der Waals surface area contributed by atoms with E-state index in [0.29, 0.717) is 93.6 Å². The van der Waals surface area contributed by atoms with Gasteiger partial charge in [0.25, 0.3) is 0 Å². The normalized spacial score (nSPS) is 21.7. The van der Waals surface area contributed by atoms with E-state index < -0.39 is 104 Å². The van der Waals surface area contributed by atoms with Gasteiger partial charge in [0.1, 0.15) is 5.76 Å². The molecule has 8 unspecified atom stereocenters. The van der Waals surface area contributed by atoms with Gasteiger partial charge in [-0.2, -0.15) is 0 Å². The Labute approximate surface area is 546 Å². The van der Waals surface area contributed by atoms with Crippen molar-refractivity contribution in [3.8, 4) is 0 Å². The lowest BCUT2D eigenvalue weighted by atomic mass is 10.2. The molecular formula is C61H110O21Si8. The molecule has 0 aliphatic carbocycles.